The van der Waals surface area contributed by atoms with Crippen molar-refractivity contribution in [3.05, 3.63) is 30.3 Å². The molecule has 2 aliphatic heterocycles. The minimum absolute atomic E-state index is 0.176. The molecule has 0 aromatic heterocycles. The molecule has 0 unspecified atom stereocenters. The third kappa shape index (κ3) is 3.36. The van der Waals surface area contributed by atoms with Crippen LogP contribution in [0.25, 0.3) is 0 Å². The molecule has 0 amide bonds. The van der Waals surface area contributed by atoms with Gasteiger partial charge in [-0.25, -0.2) is 8.42 Å². The smallest absolute Gasteiger partial charge is 0.243 e. The molecular weight excluding hydrogens is 296 g/mol. The van der Waals surface area contributed by atoms with Crippen molar-refractivity contribution in [3.63, 3.8) is 0 Å². The fraction of sp³-hybridized carbons (Fsp3) is 0.647. The van der Waals surface area contributed by atoms with Crippen LogP contribution in [0.15, 0.2) is 35.2 Å². The highest BCUT2D eigenvalue weighted by Crippen LogP contribution is 2.32. The van der Waals surface area contributed by atoms with Gasteiger partial charge in [-0.2, -0.15) is 4.31 Å². The van der Waals surface area contributed by atoms with Crippen LogP contribution in [0.2, 0.25) is 0 Å². The predicted molar refractivity (Wildman–Crippen MR) is 88.2 cm³/mol. The van der Waals surface area contributed by atoms with Crippen LogP contribution in [0, 0.1) is 5.92 Å². The van der Waals surface area contributed by atoms with Gasteiger partial charge in [0.1, 0.15) is 0 Å². The molecule has 0 saturated carbocycles. The number of nitrogens with one attached hydrogen (secondary N) is 1. The van der Waals surface area contributed by atoms with Crippen LogP contribution in [-0.2, 0) is 10.0 Å². The SMILES string of the molecule is O=S(=O)(c1ccccc1)N1CCCCC[C@H]1C1CCNCC1. The zero-order chi connectivity index (χ0) is 15.4. The van der Waals surface area contributed by atoms with E-state index in [0.717, 1.165) is 51.6 Å². The topological polar surface area (TPSA) is 49.4 Å². The molecule has 0 aliphatic carbocycles. The van der Waals surface area contributed by atoms with Gasteiger partial charge in [-0.3, -0.25) is 0 Å². The van der Waals surface area contributed by atoms with Crippen LogP contribution in [0.1, 0.15) is 38.5 Å². The first kappa shape index (κ1) is 16.0. The monoisotopic (exact) mass is 322 g/mol. The van der Waals surface area contributed by atoms with Gasteiger partial charge in [0.05, 0.1) is 4.90 Å². The third-order valence-corrected chi connectivity index (χ3v) is 6.96. The Kier molecular flexibility index (Phi) is 5.16. The Morgan fingerprint density at radius 1 is 0.955 bits per heavy atom. The van der Waals surface area contributed by atoms with E-state index < -0.39 is 10.0 Å². The molecule has 3 rings (SSSR count). The highest BCUT2D eigenvalue weighted by molar-refractivity contribution is 7.89. The zero-order valence-electron chi connectivity index (χ0n) is 13.1. The molecule has 1 N–H and O–H groups in total. The summed E-state index contributed by atoms with van der Waals surface area (Å²) in [6.45, 7) is 2.70. The van der Waals surface area contributed by atoms with Crippen LogP contribution < -0.4 is 5.32 Å². The number of sulfonamides is 1. The minimum Gasteiger partial charge on any atom is -0.317 e. The molecule has 0 spiro atoms. The number of nitrogens with zero attached hydrogens (tertiary/aromatic N) is 1. The van der Waals surface area contributed by atoms with Crippen molar-refractivity contribution >= 4 is 10.0 Å². The van der Waals surface area contributed by atoms with Crippen molar-refractivity contribution in [2.45, 2.75) is 49.5 Å². The van der Waals surface area contributed by atoms with Crippen molar-refractivity contribution < 1.29 is 8.42 Å². The van der Waals surface area contributed by atoms with Crippen molar-refractivity contribution in [3.8, 4) is 0 Å². The van der Waals surface area contributed by atoms with E-state index in [1.54, 1.807) is 12.1 Å². The summed E-state index contributed by atoms with van der Waals surface area (Å²) in [6.07, 6.45) is 6.46. The lowest BCUT2D eigenvalue weighted by molar-refractivity contribution is 0.198. The molecule has 2 saturated heterocycles. The van der Waals surface area contributed by atoms with E-state index in [0.29, 0.717) is 17.4 Å². The van der Waals surface area contributed by atoms with Gasteiger partial charge < -0.3 is 5.32 Å². The number of benzene rings is 1. The molecular formula is C17H26N2O2S. The summed E-state index contributed by atoms with van der Waals surface area (Å²) in [7, 11) is -3.37. The van der Waals surface area contributed by atoms with Gasteiger partial charge in [-0.05, 0) is 56.8 Å². The molecule has 2 fully saturated rings. The second-order valence-corrected chi connectivity index (χ2v) is 8.32. The summed E-state index contributed by atoms with van der Waals surface area (Å²) in [6, 6.07) is 9.11. The van der Waals surface area contributed by atoms with Crippen molar-refractivity contribution in [2.24, 2.45) is 5.92 Å². The van der Waals surface area contributed by atoms with E-state index in [1.807, 2.05) is 22.5 Å². The first-order valence-electron chi connectivity index (χ1n) is 8.47. The summed E-state index contributed by atoms with van der Waals surface area (Å²) in [5.74, 6) is 0.498. The van der Waals surface area contributed by atoms with Crippen LogP contribution in [0.3, 0.4) is 0 Å². The van der Waals surface area contributed by atoms with Crippen LogP contribution >= 0.6 is 0 Å². The molecule has 2 heterocycles. The number of hydrogen-bond donors (Lipinski definition) is 1. The summed E-state index contributed by atoms with van der Waals surface area (Å²) < 4.78 is 28.0. The molecule has 5 heteroatoms. The van der Waals surface area contributed by atoms with Crippen LogP contribution in [0.5, 0.6) is 0 Å². The van der Waals surface area contributed by atoms with E-state index in [4.69, 9.17) is 0 Å². The van der Waals surface area contributed by atoms with E-state index in [2.05, 4.69) is 5.32 Å². The maximum Gasteiger partial charge on any atom is 0.243 e. The summed E-state index contributed by atoms with van der Waals surface area (Å²) in [4.78, 5) is 0.441. The average Bonchev–Trinajstić information content (AvgIpc) is 2.83. The van der Waals surface area contributed by atoms with Crippen LogP contribution in [0.4, 0.5) is 0 Å². The van der Waals surface area contributed by atoms with Gasteiger partial charge in [0, 0.05) is 12.6 Å². The van der Waals surface area contributed by atoms with Gasteiger partial charge in [0.15, 0.2) is 0 Å². The molecule has 0 radical (unpaired) electrons. The van der Waals surface area contributed by atoms with E-state index >= 15 is 0 Å². The summed E-state index contributed by atoms with van der Waals surface area (Å²) in [5.41, 5.74) is 0. The Morgan fingerprint density at radius 2 is 1.68 bits per heavy atom. The van der Waals surface area contributed by atoms with Crippen molar-refractivity contribution in [1.82, 2.24) is 9.62 Å². The van der Waals surface area contributed by atoms with E-state index in [-0.39, 0.29) is 6.04 Å². The van der Waals surface area contributed by atoms with Gasteiger partial charge in [-0.15, -0.1) is 0 Å². The molecule has 1 aromatic rings. The molecule has 4 nitrogen and oxygen atoms in total. The second kappa shape index (κ2) is 7.11. The highest BCUT2D eigenvalue weighted by Gasteiger charge is 2.37. The fourth-order valence-corrected chi connectivity index (χ4v) is 5.61. The fourth-order valence-electron chi connectivity index (χ4n) is 3.83. The Balaban J connectivity index is 1.89. The third-order valence-electron chi connectivity index (χ3n) is 5.03. The summed E-state index contributed by atoms with van der Waals surface area (Å²) >= 11 is 0. The lowest BCUT2D eigenvalue weighted by atomic mass is 9.88. The largest absolute Gasteiger partial charge is 0.317 e. The molecule has 122 valence electrons. The minimum atomic E-state index is -3.37. The Morgan fingerprint density at radius 3 is 2.41 bits per heavy atom. The first-order chi connectivity index (χ1) is 10.7. The highest BCUT2D eigenvalue weighted by atomic mass is 32.2. The van der Waals surface area contributed by atoms with E-state index in [1.165, 1.54) is 0 Å². The Bertz CT molecular complexity index is 568. The zero-order valence-corrected chi connectivity index (χ0v) is 13.9. The summed E-state index contributed by atoms with van der Waals surface area (Å²) in [5, 5.41) is 3.39. The molecule has 22 heavy (non-hydrogen) atoms. The number of rotatable bonds is 3. The number of piperidine rings is 1. The van der Waals surface area contributed by atoms with E-state index in [9.17, 15) is 8.42 Å². The standard InChI is InChI=1S/C17H26N2O2S/c20-22(21,16-7-3-1-4-8-16)19-14-6-2-5-9-17(19)15-10-12-18-13-11-15/h1,3-4,7-8,15,17-18H,2,5-6,9-14H2/t17-/m0/s1. The lowest BCUT2D eigenvalue weighted by Crippen LogP contribution is -2.47. The Labute approximate surface area is 134 Å². The molecule has 1 atom stereocenters. The first-order valence-corrected chi connectivity index (χ1v) is 9.91. The van der Waals surface area contributed by atoms with Crippen LogP contribution in [-0.4, -0.2) is 38.4 Å². The predicted octanol–water partition coefficient (Wildman–Crippen LogP) is 2.62. The van der Waals surface area contributed by atoms with Gasteiger partial charge in [-0.1, -0.05) is 31.0 Å². The van der Waals surface area contributed by atoms with Crippen molar-refractivity contribution in [1.29, 1.82) is 0 Å². The quantitative estimate of drug-likeness (QED) is 0.930. The Hall–Kier alpha value is -0.910. The maximum absolute atomic E-state index is 13.1. The lowest BCUT2D eigenvalue weighted by Gasteiger charge is -2.37. The number of hydrogen-bond acceptors (Lipinski definition) is 3. The molecule has 1 aromatic carbocycles. The average molecular weight is 322 g/mol. The normalized spacial score (nSPS) is 25.7. The molecule has 2 aliphatic rings. The van der Waals surface area contributed by atoms with Crippen molar-refractivity contribution in [2.75, 3.05) is 19.6 Å². The van der Waals surface area contributed by atoms with Gasteiger partial charge in [0.25, 0.3) is 0 Å². The maximum atomic E-state index is 13.1. The van der Waals surface area contributed by atoms with Gasteiger partial charge in [0.2, 0.25) is 10.0 Å². The molecule has 0 bridgehead atoms. The second-order valence-electron chi connectivity index (χ2n) is 6.43. The van der Waals surface area contributed by atoms with Gasteiger partial charge >= 0.3 is 0 Å².